The molecule has 0 amide bonds. The van der Waals surface area contributed by atoms with Crippen molar-refractivity contribution in [2.45, 2.75) is 6.92 Å². The fourth-order valence-corrected chi connectivity index (χ4v) is 3.34. The second-order valence-electron chi connectivity index (χ2n) is 5.40. The molecule has 2 aromatic heterocycles. The average molecular weight is 372 g/mol. The van der Waals surface area contributed by atoms with E-state index in [4.69, 9.17) is 14.6 Å². The van der Waals surface area contributed by atoms with Crippen LogP contribution in [0.15, 0.2) is 29.2 Å². The van der Waals surface area contributed by atoms with Crippen LogP contribution in [-0.4, -0.2) is 34.7 Å². The Hall–Kier alpha value is -3.13. The lowest BCUT2D eigenvalue weighted by Crippen LogP contribution is -2.17. The van der Waals surface area contributed by atoms with Gasteiger partial charge in [0, 0.05) is 17.3 Å². The molecule has 0 aliphatic carbocycles. The van der Waals surface area contributed by atoms with Crippen LogP contribution in [0, 0.1) is 6.92 Å². The first kappa shape index (κ1) is 17.7. The van der Waals surface area contributed by atoms with E-state index >= 15 is 0 Å². The van der Waals surface area contributed by atoms with E-state index in [1.807, 2.05) is 12.1 Å². The van der Waals surface area contributed by atoms with Gasteiger partial charge >= 0.3 is 5.97 Å². The van der Waals surface area contributed by atoms with Crippen molar-refractivity contribution in [3.8, 4) is 11.5 Å². The lowest BCUT2D eigenvalue weighted by Gasteiger charge is -2.09. The van der Waals surface area contributed by atoms with Crippen LogP contribution in [0.2, 0.25) is 0 Å². The number of benzene rings is 1. The fourth-order valence-electron chi connectivity index (χ4n) is 2.52. The maximum Gasteiger partial charge on any atom is 0.347 e. The molecular formula is C18H16N2O5S. The van der Waals surface area contributed by atoms with Crippen LogP contribution >= 0.6 is 11.3 Å². The zero-order chi connectivity index (χ0) is 18.8. The molecular weight excluding hydrogens is 356 g/mol. The predicted molar refractivity (Wildman–Crippen MR) is 99.5 cm³/mol. The first-order valence-corrected chi connectivity index (χ1v) is 8.43. The average Bonchev–Trinajstić information content (AvgIpc) is 3.07. The minimum atomic E-state index is -1.09. The SMILES string of the molecule is COc1cccc(/C=C/c2nc3sc(C(=O)O)cn3c(=O)c2C)c1OC. The molecule has 1 N–H and O–H groups in total. The molecule has 0 atom stereocenters. The normalized spacial score (nSPS) is 11.2. The largest absolute Gasteiger partial charge is 0.493 e. The van der Waals surface area contributed by atoms with Gasteiger partial charge in [-0.2, -0.15) is 0 Å². The van der Waals surface area contributed by atoms with Gasteiger partial charge in [0.2, 0.25) is 0 Å². The molecule has 26 heavy (non-hydrogen) atoms. The first-order valence-electron chi connectivity index (χ1n) is 7.61. The van der Waals surface area contributed by atoms with Crippen molar-refractivity contribution in [2.75, 3.05) is 14.2 Å². The van der Waals surface area contributed by atoms with Crippen molar-refractivity contribution in [3.63, 3.8) is 0 Å². The number of methoxy groups -OCH3 is 2. The summed E-state index contributed by atoms with van der Waals surface area (Å²) in [6.45, 7) is 1.66. The molecule has 0 radical (unpaired) electrons. The number of ether oxygens (including phenoxy) is 2. The number of aromatic nitrogens is 2. The number of nitrogens with zero attached hydrogens (tertiary/aromatic N) is 2. The topological polar surface area (TPSA) is 90.1 Å². The van der Waals surface area contributed by atoms with Crippen LogP contribution in [0.3, 0.4) is 0 Å². The first-order chi connectivity index (χ1) is 12.5. The number of carboxylic acids is 1. The second kappa shape index (κ2) is 7.01. The van der Waals surface area contributed by atoms with Crippen molar-refractivity contribution in [1.82, 2.24) is 9.38 Å². The van der Waals surface area contributed by atoms with Crippen LogP contribution in [0.25, 0.3) is 17.1 Å². The summed E-state index contributed by atoms with van der Waals surface area (Å²) >= 11 is 0.952. The van der Waals surface area contributed by atoms with Crippen LogP contribution in [0.4, 0.5) is 0 Å². The van der Waals surface area contributed by atoms with E-state index in [0.29, 0.717) is 27.7 Å². The molecule has 0 aliphatic rings. The van der Waals surface area contributed by atoms with Crippen molar-refractivity contribution in [2.24, 2.45) is 0 Å². The summed E-state index contributed by atoms with van der Waals surface area (Å²) in [6.07, 6.45) is 4.77. The third kappa shape index (κ3) is 3.06. The molecule has 0 spiro atoms. The van der Waals surface area contributed by atoms with Gasteiger partial charge in [-0.05, 0) is 25.1 Å². The summed E-state index contributed by atoms with van der Waals surface area (Å²) in [4.78, 5) is 28.4. The Kier molecular flexibility index (Phi) is 4.77. The zero-order valence-electron chi connectivity index (χ0n) is 14.3. The highest BCUT2D eigenvalue weighted by Gasteiger charge is 2.14. The van der Waals surface area contributed by atoms with Gasteiger partial charge in [0.25, 0.3) is 5.56 Å². The molecule has 7 nitrogen and oxygen atoms in total. The van der Waals surface area contributed by atoms with Gasteiger partial charge in [-0.3, -0.25) is 9.20 Å². The summed E-state index contributed by atoms with van der Waals surface area (Å²) in [5.41, 5.74) is 1.37. The van der Waals surface area contributed by atoms with Gasteiger partial charge in [0.05, 0.1) is 19.9 Å². The lowest BCUT2D eigenvalue weighted by molar-refractivity contribution is 0.0701. The van der Waals surface area contributed by atoms with Crippen molar-refractivity contribution >= 4 is 34.4 Å². The molecule has 0 unspecified atom stereocenters. The van der Waals surface area contributed by atoms with Crippen LogP contribution < -0.4 is 15.0 Å². The number of fused-ring (bicyclic) bond motifs is 1. The van der Waals surface area contributed by atoms with Crippen LogP contribution in [0.1, 0.15) is 26.5 Å². The minimum Gasteiger partial charge on any atom is -0.493 e. The van der Waals surface area contributed by atoms with E-state index in [1.165, 1.54) is 10.6 Å². The summed E-state index contributed by atoms with van der Waals surface area (Å²) in [7, 11) is 3.11. The van der Waals surface area contributed by atoms with E-state index in [0.717, 1.165) is 16.9 Å². The van der Waals surface area contributed by atoms with Gasteiger partial charge in [0.1, 0.15) is 4.88 Å². The molecule has 0 saturated heterocycles. The highest BCUT2D eigenvalue weighted by molar-refractivity contribution is 7.18. The quantitative estimate of drug-likeness (QED) is 0.741. The summed E-state index contributed by atoms with van der Waals surface area (Å²) in [6, 6.07) is 5.47. The maximum absolute atomic E-state index is 12.5. The standard InChI is InChI=1S/C18H16N2O5S/c1-10-12(8-7-11-5-4-6-13(24-2)15(11)25-3)19-18-20(16(10)21)9-14(26-18)17(22)23/h4-9H,1-3H3,(H,22,23)/b8-7+. The van der Waals surface area contributed by atoms with Gasteiger partial charge in [-0.25, -0.2) is 9.78 Å². The molecule has 0 fully saturated rings. The third-order valence-electron chi connectivity index (χ3n) is 3.86. The Morgan fingerprint density at radius 3 is 2.69 bits per heavy atom. The lowest BCUT2D eigenvalue weighted by atomic mass is 10.1. The molecule has 3 aromatic rings. The molecule has 134 valence electrons. The van der Waals surface area contributed by atoms with Crippen LogP contribution in [-0.2, 0) is 0 Å². The predicted octanol–water partition coefficient (Wildman–Crippen LogP) is 2.95. The molecule has 3 rings (SSSR count). The zero-order valence-corrected chi connectivity index (χ0v) is 15.2. The number of rotatable bonds is 5. The van der Waals surface area contributed by atoms with Crippen molar-refractivity contribution in [1.29, 1.82) is 0 Å². The van der Waals surface area contributed by atoms with Gasteiger partial charge in [-0.1, -0.05) is 23.5 Å². The number of aromatic carboxylic acids is 1. The number of hydrogen-bond donors (Lipinski definition) is 1. The van der Waals surface area contributed by atoms with Gasteiger partial charge in [0.15, 0.2) is 16.5 Å². The summed E-state index contributed by atoms with van der Waals surface area (Å²) in [5, 5.41) is 9.10. The second-order valence-corrected chi connectivity index (χ2v) is 6.41. The minimum absolute atomic E-state index is 0.0598. The summed E-state index contributed by atoms with van der Waals surface area (Å²) < 4.78 is 11.9. The van der Waals surface area contributed by atoms with E-state index in [1.54, 1.807) is 39.4 Å². The smallest absolute Gasteiger partial charge is 0.347 e. The molecule has 0 bridgehead atoms. The number of thiazole rings is 1. The molecule has 0 saturated carbocycles. The Balaban J connectivity index is 2.09. The molecule has 0 aliphatic heterocycles. The van der Waals surface area contributed by atoms with Crippen molar-refractivity contribution < 1.29 is 19.4 Å². The molecule has 2 heterocycles. The Morgan fingerprint density at radius 2 is 2.04 bits per heavy atom. The maximum atomic E-state index is 12.5. The summed E-state index contributed by atoms with van der Waals surface area (Å²) in [5.74, 6) is 0.0842. The molecule has 8 heteroatoms. The monoisotopic (exact) mass is 372 g/mol. The number of hydrogen-bond acceptors (Lipinski definition) is 6. The van der Waals surface area contributed by atoms with E-state index in [-0.39, 0.29) is 10.4 Å². The number of carboxylic acid groups (broad SMARTS) is 1. The Morgan fingerprint density at radius 1 is 1.27 bits per heavy atom. The molecule has 1 aromatic carbocycles. The highest BCUT2D eigenvalue weighted by Crippen LogP contribution is 2.32. The van der Waals surface area contributed by atoms with Gasteiger partial charge in [-0.15, -0.1) is 0 Å². The number of carbonyl (C=O) groups is 1. The number of para-hydroxylation sites is 1. The van der Waals surface area contributed by atoms with E-state index < -0.39 is 5.97 Å². The van der Waals surface area contributed by atoms with Gasteiger partial charge < -0.3 is 14.6 Å². The highest BCUT2D eigenvalue weighted by atomic mass is 32.1. The van der Waals surface area contributed by atoms with E-state index in [2.05, 4.69) is 4.98 Å². The fraction of sp³-hybridized carbons (Fsp3) is 0.167. The van der Waals surface area contributed by atoms with Crippen LogP contribution in [0.5, 0.6) is 11.5 Å². The van der Waals surface area contributed by atoms with Crippen molar-refractivity contribution in [3.05, 3.63) is 56.4 Å². The van der Waals surface area contributed by atoms with E-state index in [9.17, 15) is 9.59 Å². The Labute approximate surface area is 152 Å². The third-order valence-corrected chi connectivity index (χ3v) is 4.83. The Bertz CT molecular complexity index is 1080.